The van der Waals surface area contributed by atoms with Crippen LogP contribution < -0.4 is 0 Å². The van der Waals surface area contributed by atoms with Crippen LogP contribution in [0.2, 0.25) is 0 Å². The number of hydrogen-bond donors (Lipinski definition) is 1. The van der Waals surface area contributed by atoms with E-state index >= 15 is 0 Å². The number of nitrogens with one attached hydrogen (secondary N) is 1. The van der Waals surface area contributed by atoms with Crippen molar-refractivity contribution in [2.24, 2.45) is 7.05 Å². The summed E-state index contributed by atoms with van der Waals surface area (Å²) in [4.78, 5) is 22.7. The number of H-pyrrole nitrogens is 1. The molecule has 0 unspecified atom stereocenters. The Morgan fingerprint density at radius 2 is 2.09 bits per heavy atom. The molecule has 0 bridgehead atoms. The zero-order valence-electron chi connectivity index (χ0n) is 13.7. The second kappa shape index (κ2) is 5.51. The molecule has 0 spiro atoms. The van der Waals surface area contributed by atoms with Crippen LogP contribution >= 0.6 is 0 Å². The number of carbonyl (C=O) groups excluding carboxylic acids is 1. The van der Waals surface area contributed by atoms with Crippen molar-refractivity contribution in [2.45, 2.75) is 51.0 Å². The van der Waals surface area contributed by atoms with Gasteiger partial charge < -0.3 is 9.88 Å². The van der Waals surface area contributed by atoms with Gasteiger partial charge in [0.05, 0.1) is 11.9 Å². The quantitative estimate of drug-likeness (QED) is 0.946. The van der Waals surface area contributed by atoms with E-state index in [2.05, 4.69) is 15.0 Å². The van der Waals surface area contributed by atoms with Crippen LogP contribution in [0.1, 0.15) is 49.5 Å². The summed E-state index contributed by atoms with van der Waals surface area (Å²) < 4.78 is 1.78. The van der Waals surface area contributed by atoms with Crippen molar-refractivity contribution in [3.8, 4) is 11.3 Å². The van der Waals surface area contributed by atoms with E-state index < -0.39 is 0 Å². The number of carbonyl (C=O) groups is 1. The lowest BCUT2D eigenvalue weighted by Gasteiger charge is -2.23. The van der Waals surface area contributed by atoms with Crippen molar-refractivity contribution in [3.63, 3.8) is 0 Å². The van der Waals surface area contributed by atoms with E-state index in [0.717, 1.165) is 42.2 Å². The Morgan fingerprint density at radius 1 is 1.30 bits per heavy atom. The molecule has 1 N–H and O–H groups in total. The minimum atomic E-state index is 0.187. The van der Waals surface area contributed by atoms with Crippen LogP contribution in [0.4, 0.5) is 0 Å². The van der Waals surface area contributed by atoms with Gasteiger partial charge in [-0.2, -0.15) is 5.10 Å². The summed E-state index contributed by atoms with van der Waals surface area (Å²) in [5, 5.41) is 4.22. The highest BCUT2D eigenvalue weighted by molar-refractivity contribution is 5.80. The van der Waals surface area contributed by atoms with Crippen molar-refractivity contribution in [3.05, 3.63) is 23.9 Å². The first-order chi connectivity index (χ1) is 11.1. The average Bonchev–Trinajstić information content (AvgIpc) is 3.25. The number of amides is 1. The van der Waals surface area contributed by atoms with Gasteiger partial charge in [0, 0.05) is 49.4 Å². The fourth-order valence-corrected chi connectivity index (χ4v) is 3.99. The Kier molecular flexibility index (Phi) is 3.47. The maximum Gasteiger partial charge on any atom is 0.223 e. The summed E-state index contributed by atoms with van der Waals surface area (Å²) in [7, 11) is 1.90. The maximum absolute atomic E-state index is 12.4. The first kappa shape index (κ1) is 14.5. The highest BCUT2D eigenvalue weighted by Crippen LogP contribution is 2.34. The van der Waals surface area contributed by atoms with Crippen molar-refractivity contribution in [2.75, 3.05) is 6.54 Å². The molecule has 23 heavy (non-hydrogen) atoms. The van der Waals surface area contributed by atoms with Crippen molar-refractivity contribution >= 4 is 5.91 Å². The Balaban J connectivity index is 1.56. The summed E-state index contributed by atoms with van der Waals surface area (Å²) in [6, 6.07) is 0.460. The molecule has 2 aromatic rings. The molecule has 4 rings (SSSR count). The van der Waals surface area contributed by atoms with Crippen LogP contribution in [-0.4, -0.2) is 43.1 Å². The highest BCUT2D eigenvalue weighted by atomic mass is 16.2. The van der Waals surface area contributed by atoms with Gasteiger partial charge >= 0.3 is 0 Å². The summed E-state index contributed by atoms with van der Waals surface area (Å²) in [6.07, 6.45) is 9.21. The molecular weight excluding hydrogens is 290 g/mol. The van der Waals surface area contributed by atoms with Gasteiger partial charge in [0.15, 0.2) is 0 Å². The predicted octanol–water partition coefficient (Wildman–Crippen LogP) is 2.38. The van der Waals surface area contributed by atoms with Gasteiger partial charge in [0.1, 0.15) is 5.82 Å². The smallest absolute Gasteiger partial charge is 0.223 e. The third kappa shape index (κ3) is 2.56. The predicted molar refractivity (Wildman–Crippen MR) is 86.9 cm³/mol. The minimum absolute atomic E-state index is 0.187. The molecule has 6 heteroatoms. The number of imidazole rings is 1. The number of aryl methyl sites for hydroxylation is 2. The zero-order valence-corrected chi connectivity index (χ0v) is 13.7. The van der Waals surface area contributed by atoms with Gasteiger partial charge in [-0.25, -0.2) is 4.98 Å². The molecule has 122 valence electrons. The van der Waals surface area contributed by atoms with Gasteiger partial charge in [-0.05, 0) is 19.8 Å². The molecule has 1 aliphatic carbocycles. The summed E-state index contributed by atoms with van der Waals surface area (Å²) in [5.74, 6) is 1.42. The molecule has 1 atom stereocenters. The lowest BCUT2D eigenvalue weighted by Crippen LogP contribution is -2.34. The van der Waals surface area contributed by atoms with Crippen LogP contribution in [-0.2, 0) is 11.8 Å². The largest absolute Gasteiger partial charge is 0.345 e. The molecule has 2 fully saturated rings. The Hall–Kier alpha value is -2.11. The monoisotopic (exact) mass is 313 g/mol. The molecule has 1 aliphatic heterocycles. The number of aromatic amines is 1. The van der Waals surface area contributed by atoms with Crippen molar-refractivity contribution in [1.82, 2.24) is 24.6 Å². The number of nitrogens with zero attached hydrogens (tertiary/aromatic N) is 4. The van der Waals surface area contributed by atoms with E-state index in [1.165, 1.54) is 12.8 Å². The Morgan fingerprint density at radius 3 is 2.78 bits per heavy atom. The van der Waals surface area contributed by atoms with Crippen molar-refractivity contribution < 1.29 is 4.79 Å². The average molecular weight is 313 g/mol. The molecule has 2 aliphatic rings. The summed E-state index contributed by atoms with van der Waals surface area (Å²) in [5.41, 5.74) is 3.00. The van der Waals surface area contributed by atoms with Crippen LogP contribution in [0.3, 0.4) is 0 Å². The standard InChI is InChI=1S/C17H23N5O/c1-11-16(13-8-18-21(2)9-13)20-17(19-11)12-7-15(23)22(10-12)14-5-3-4-6-14/h8-9,12,14H,3-7,10H2,1-2H3,(H,19,20)/t12-/m1/s1. The van der Waals surface area contributed by atoms with Gasteiger partial charge in [-0.15, -0.1) is 0 Å². The topological polar surface area (TPSA) is 66.8 Å². The second-order valence-corrected chi connectivity index (χ2v) is 6.88. The second-order valence-electron chi connectivity index (χ2n) is 6.88. The van der Waals surface area contributed by atoms with Crippen LogP contribution in [0.5, 0.6) is 0 Å². The van der Waals surface area contributed by atoms with E-state index in [4.69, 9.17) is 4.98 Å². The van der Waals surface area contributed by atoms with Gasteiger partial charge in [0.25, 0.3) is 0 Å². The SMILES string of the molecule is Cc1[nH]c([C@@H]2CC(=O)N(C3CCCC3)C2)nc1-c1cnn(C)c1. The molecule has 6 nitrogen and oxygen atoms in total. The van der Waals surface area contributed by atoms with Crippen LogP contribution in [0.25, 0.3) is 11.3 Å². The molecule has 1 amide bonds. The van der Waals surface area contributed by atoms with E-state index in [1.807, 2.05) is 26.4 Å². The maximum atomic E-state index is 12.4. The molecule has 0 aromatic carbocycles. The van der Waals surface area contributed by atoms with Gasteiger partial charge in [-0.3, -0.25) is 9.48 Å². The molecule has 0 radical (unpaired) electrons. The first-order valence-electron chi connectivity index (χ1n) is 8.47. The summed E-state index contributed by atoms with van der Waals surface area (Å²) in [6.45, 7) is 2.84. The first-order valence-corrected chi connectivity index (χ1v) is 8.47. The number of rotatable bonds is 3. The van der Waals surface area contributed by atoms with E-state index in [0.29, 0.717) is 18.4 Å². The van der Waals surface area contributed by atoms with E-state index in [9.17, 15) is 4.79 Å². The molecule has 2 aromatic heterocycles. The fourth-order valence-electron chi connectivity index (χ4n) is 3.99. The number of aromatic nitrogens is 4. The molecular formula is C17H23N5O. The Bertz CT molecular complexity index is 725. The Labute approximate surface area is 135 Å². The third-order valence-corrected chi connectivity index (χ3v) is 5.19. The van der Waals surface area contributed by atoms with Gasteiger partial charge in [-0.1, -0.05) is 12.8 Å². The lowest BCUT2D eigenvalue weighted by molar-refractivity contribution is -0.129. The highest BCUT2D eigenvalue weighted by Gasteiger charge is 2.37. The van der Waals surface area contributed by atoms with Crippen molar-refractivity contribution in [1.29, 1.82) is 0 Å². The van der Waals surface area contributed by atoms with Crippen LogP contribution in [0.15, 0.2) is 12.4 Å². The molecule has 1 saturated carbocycles. The normalized spacial score (nSPS) is 22.4. The number of likely N-dealkylation sites (tertiary alicyclic amines) is 1. The lowest BCUT2D eigenvalue weighted by atomic mass is 10.1. The zero-order chi connectivity index (χ0) is 16.0. The summed E-state index contributed by atoms with van der Waals surface area (Å²) >= 11 is 0. The van der Waals surface area contributed by atoms with Crippen LogP contribution in [0, 0.1) is 6.92 Å². The molecule has 3 heterocycles. The molecule has 1 saturated heterocycles. The number of hydrogen-bond acceptors (Lipinski definition) is 3. The third-order valence-electron chi connectivity index (χ3n) is 5.19. The van der Waals surface area contributed by atoms with E-state index in [-0.39, 0.29) is 5.92 Å². The van der Waals surface area contributed by atoms with Gasteiger partial charge in [0.2, 0.25) is 5.91 Å². The minimum Gasteiger partial charge on any atom is -0.345 e. The fraction of sp³-hybridized carbons (Fsp3) is 0.588. The van der Waals surface area contributed by atoms with E-state index in [1.54, 1.807) is 4.68 Å².